The van der Waals surface area contributed by atoms with Crippen LogP contribution in [0.3, 0.4) is 0 Å². The standard InChI is InChI=1S/C11H16O2/c1-7-5-9(12)6-8-3-2-4-10(13)11(7)8/h6-7,10-11,13H,2-5H2,1H3. The van der Waals surface area contributed by atoms with E-state index in [-0.39, 0.29) is 17.8 Å². The Balaban J connectivity index is 2.27. The van der Waals surface area contributed by atoms with Crippen molar-refractivity contribution >= 4 is 5.78 Å². The summed E-state index contributed by atoms with van der Waals surface area (Å²) in [7, 11) is 0. The highest BCUT2D eigenvalue weighted by Gasteiger charge is 2.35. The topological polar surface area (TPSA) is 37.3 Å². The van der Waals surface area contributed by atoms with Gasteiger partial charge in [0.1, 0.15) is 0 Å². The number of carbonyl (C=O) groups is 1. The van der Waals surface area contributed by atoms with Crippen LogP contribution in [0.4, 0.5) is 0 Å². The van der Waals surface area contributed by atoms with E-state index in [1.54, 1.807) is 6.08 Å². The fourth-order valence-corrected chi connectivity index (χ4v) is 2.73. The fourth-order valence-electron chi connectivity index (χ4n) is 2.73. The van der Waals surface area contributed by atoms with E-state index < -0.39 is 0 Å². The largest absolute Gasteiger partial charge is 0.392 e. The molecule has 0 radical (unpaired) electrons. The number of hydrogen-bond acceptors (Lipinski definition) is 2. The summed E-state index contributed by atoms with van der Waals surface area (Å²) in [4.78, 5) is 11.3. The number of carbonyl (C=O) groups excluding carboxylic acids is 1. The monoisotopic (exact) mass is 180 g/mol. The van der Waals surface area contributed by atoms with Crippen LogP contribution in [0, 0.1) is 11.8 Å². The number of aliphatic hydroxyl groups excluding tert-OH is 1. The summed E-state index contributed by atoms with van der Waals surface area (Å²) in [6, 6.07) is 0. The third-order valence-electron chi connectivity index (χ3n) is 3.29. The molecule has 72 valence electrons. The Morgan fingerprint density at radius 3 is 3.08 bits per heavy atom. The lowest BCUT2D eigenvalue weighted by Gasteiger charge is -2.37. The summed E-state index contributed by atoms with van der Waals surface area (Å²) in [5.74, 6) is 0.849. The van der Waals surface area contributed by atoms with Gasteiger partial charge in [0.2, 0.25) is 0 Å². The van der Waals surface area contributed by atoms with Crippen LogP contribution in [0.15, 0.2) is 11.6 Å². The van der Waals surface area contributed by atoms with Crippen LogP contribution in [0.1, 0.15) is 32.6 Å². The van der Waals surface area contributed by atoms with Crippen LogP contribution in [-0.4, -0.2) is 17.0 Å². The fraction of sp³-hybridized carbons (Fsp3) is 0.727. The van der Waals surface area contributed by atoms with Crippen LogP contribution < -0.4 is 0 Å². The third-order valence-corrected chi connectivity index (χ3v) is 3.29. The average Bonchev–Trinajstić information content (AvgIpc) is 2.02. The SMILES string of the molecule is CC1CC(=O)C=C2CCCC(O)C21. The van der Waals surface area contributed by atoms with Crippen molar-refractivity contribution in [2.75, 3.05) is 0 Å². The maximum absolute atomic E-state index is 11.3. The minimum Gasteiger partial charge on any atom is -0.392 e. The average molecular weight is 180 g/mol. The minimum absolute atomic E-state index is 0.205. The molecule has 3 atom stereocenters. The van der Waals surface area contributed by atoms with Crippen LogP contribution >= 0.6 is 0 Å². The minimum atomic E-state index is -0.205. The van der Waals surface area contributed by atoms with Gasteiger partial charge in [0.25, 0.3) is 0 Å². The van der Waals surface area contributed by atoms with Gasteiger partial charge in [-0.2, -0.15) is 0 Å². The molecule has 0 saturated heterocycles. The molecule has 0 heterocycles. The molecule has 2 heteroatoms. The zero-order valence-electron chi connectivity index (χ0n) is 7.99. The van der Waals surface area contributed by atoms with Crippen molar-refractivity contribution in [2.45, 2.75) is 38.7 Å². The summed E-state index contributed by atoms with van der Waals surface area (Å²) < 4.78 is 0. The van der Waals surface area contributed by atoms with E-state index in [0.717, 1.165) is 19.3 Å². The van der Waals surface area contributed by atoms with Gasteiger partial charge in [-0.1, -0.05) is 12.5 Å². The molecule has 0 amide bonds. The van der Waals surface area contributed by atoms with E-state index in [0.29, 0.717) is 12.3 Å². The first-order valence-corrected chi connectivity index (χ1v) is 5.10. The molecule has 1 fully saturated rings. The maximum atomic E-state index is 11.3. The number of hydrogen-bond donors (Lipinski definition) is 1. The summed E-state index contributed by atoms with van der Waals surface area (Å²) in [6.07, 6.45) is 5.13. The van der Waals surface area contributed by atoms with E-state index in [9.17, 15) is 9.90 Å². The molecule has 0 aromatic heterocycles. The second-order valence-electron chi connectivity index (χ2n) is 4.35. The van der Waals surface area contributed by atoms with Crippen molar-refractivity contribution in [3.05, 3.63) is 11.6 Å². The summed E-state index contributed by atoms with van der Waals surface area (Å²) in [5.41, 5.74) is 1.20. The molecule has 13 heavy (non-hydrogen) atoms. The normalized spacial score (nSPS) is 39.7. The summed E-state index contributed by atoms with van der Waals surface area (Å²) in [6.45, 7) is 2.07. The van der Waals surface area contributed by atoms with E-state index in [2.05, 4.69) is 6.92 Å². The molecule has 0 spiro atoms. The predicted molar refractivity (Wildman–Crippen MR) is 50.2 cm³/mol. The lowest BCUT2D eigenvalue weighted by molar-refractivity contribution is -0.116. The van der Waals surface area contributed by atoms with Gasteiger partial charge < -0.3 is 5.11 Å². The van der Waals surface area contributed by atoms with Crippen molar-refractivity contribution in [3.8, 4) is 0 Å². The lowest BCUT2D eigenvalue weighted by Crippen LogP contribution is -2.35. The highest BCUT2D eigenvalue weighted by molar-refractivity contribution is 5.91. The van der Waals surface area contributed by atoms with Crippen molar-refractivity contribution in [3.63, 3.8) is 0 Å². The van der Waals surface area contributed by atoms with Gasteiger partial charge in [-0.3, -0.25) is 4.79 Å². The summed E-state index contributed by atoms with van der Waals surface area (Å²) >= 11 is 0. The molecule has 2 aliphatic rings. The first-order chi connectivity index (χ1) is 6.18. The molecular formula is C11H16O2. The smallest absolute Gasteiger partial charge is 0.155 e. The molecule has 1 N–H and O–H groups in total. The Morgan fingerprint density at radius 2 is 2.31 bits per heavy atom. The van der Waals surface area contributed by atoms with E-state index in [1.807, 2.05) is 0 Å². The summed E-state index contributed by atoms with van der Waals surface area (Å²) in [5, 5.41) is 9.81. The van der Waals surface area contributed by atoms with Crippen molar-refractivity contribution in [1.82, 2.24) is 0 Å². The Bertz CT molecular complexity index is 255. The molecule has 3 unspecified atom stereocenters. The van der Waals surface area contributed by atoms with Crippen LogP contribution in [-0.2, 0) is 4.79 Å². The third kappa shape index (κ3) is 1.55. The van der Waals surface area contributed by atoms with E-state index >= 15 is 0 Å². The number of ketones is 1. The Labute approximate surface area is 78.6 Å². The molecule has 0 aromatic rings. The number of aliphatic hydroxyl groups is 1. The maximum Gasteiger partial charge on any atom is 0.155 e. The number of rotatable bonds is 0. The van der Waals surface area contributed by atoms with Gasteiger partial charge in [-0.05, 0) is 31.3 Å². The van der Waals surface area contributed by atoms with Gasteiger partial charge in [-0.15, -0.1) is 0 Å². The molecular weight excluding hydrogens is 164 g/mol. The van der Waals surface area contributed by atoms with Gasteiger partial charge >= 0.3 is 0 Å². The van der Waals surface area contributed by atoms with E-state index in [4.69, 9.17) is 0 Å². The molecule has 1 saturated carbocycles. The predicted octanol–water partition coefficient (Wildman–Crippen LogP) is 1.68. The zero-order chi connectivity index (χ0) is 9.42. The number of allylic oxidation sites excluding steroid dienone is 1. The Morgan fingerprint density at radius 1 is 1.54 bits per heavy atom. The van der Waals surface area contributed by atoms with Crippen molar-refractivity contribution in [2.24, 2.45) is 11.8 Å². The molecule has 0 aromatic carbocycles. The van der Waals surface area contributed by atoms with Gasteiger partial charge in [0.05, 0.1) is 6.10 Å². The van der Waals surface area contributed by atoms with Crippen molar-refractivity contribution in [1.29, 1.82) is 0 Å². The number of fused-ring (bicyclic) bond motifs is 1. The van der Waals surface area contributed by atoms with Crippen LogP contribution in [0.5, 0.6) is 0 Å². The lowest BCUT2D eigenvalue weighted by atomic mass is 9.70. The van der Waals surface area contributed by atoms with E-state index in [1.165, 1.54) is 5.57 Å². The van der Waals surface area contributed by atoms with Crippen LogP contribution in [0.2, 0.25) is 0 Å². The zero-order valence-corrected chi connectivity index (χ0v) is 7.99. The molecule has 2 rings (SSSR count). The highest BCUT2D eigenvalue weighted by Crippen LogP contribution is 2.39. The quantitative estimate of drug-likeness (QED) is 0.616. The molecule has 2 aliphatic carbocycles. The second-order valence-corrected chi connectivity index (χ2v) is 4.35. The first-order valence-electron chi connectivity index (χ1n) is 5.10. The van der Waals surface area contributed by atoms with Crippen molar-refractivity contribution < 1.29 is 9.90 Å². The van der Waals surface area contributed by atoms with Gasteiger partial charge in [-0.25, -0.2) is 0 Å². The molecule has 2 nitrogen and oxygen atoms in total. The Hall–Kier alpha value is -0.630. The molecule has 0 bridgehead atoms. The van der Waals surface area contributed by atoms with Gasteiger partial charge in [0, 0.05) is 12.3 Å². The highest BCUT2D eigenvalue weighted by atomic mass is 16.3. The molecule has 0 aliphatic heterocycles. The Kier molecular flexibility index (Phi) is 2.24. The first kappa shape index (κ1) is 8.95. The van der Waals surface area contributed by atoms with Crippen LogP contribution in [0.25, 0.3) is 0 Å². The second kappa shape index (κ2) is 3.26. The van der Waals surface area contributed by atoms with Gasteiger partial charge in [0.15, 0.2) is 5.78 Å².